The Labute approximate surface area is 112 Å². The molecule has 2 atom stereocenters. The molecule has 2 rings (SSSR count). The highest BCUT2D eigenvalue weighted by Gasteiger charge is 2.29. The van der Waals surface area contributed by atoms with Crippen molar-refractivity contribution in [3.8, 4) is 0 Å². The lowest BCUT2D eigenvalue weighted by atomic mass is 9.91. The Balaban J connectivity index is 2.10. The van der Waals surface area contributed by atoms with Gasteiger partial charge in [0, 0.05) is 17.6 Å². The molecule has 4 heteroatoms. The first-order valence-corrected chi connectivity index (χ1v) is 6.68. The van der Waals surface area contributed by atoms with E-state index in [2.05, 4.69) is 0 Å². The number of hydrogen-bond donors (Lipinski definition) is 1. The van der Waals surface area contributed by atoms with Gasteiger partial charge in [0.2, 0.25) is 0 Å². The first kappa shape index (κ1) is 13.4. The quantitative estimate of drug-likeness (QED) is 0.895. The van der Waals surface area contributed by atoms with E-state index in [1.54, 1.807) is 36.2 Å². The molecule has 98 valence electrons. The van der Waals surface area contributed by atoms with Crippen LogP contribution in [-0.4, -0.2) is 35.1 Å². The van der Waals surface area contributed by atoms with Gasteiger partial charge >= 0.3 is 0 Å². The van der Waals surface area contributed by atoms with Crippen LogP contribution in [0.15, 0.2) is 24.3 Å². The van der Waals surface area contributed by atoms with E-state index in [1.165, 1.54) is 0 Å². The summed E-state index contributed by atoms with van der Waals surface area (Å²) in [5.41, 5.74) is 0.611. The molecule has 1 aromatic carbocycles. The van der Waals surface area contributed by atoms with E-state index in [4.69, 9.17) is 11.6 Å². The highest BCUT2D eigenvalue weighted by molar-refractivity contribution is 6.30. The molecule has 1 aliphatic carbocycles. The van der Waals surface area contributed by atoms with Gasteiger partial charge in [-0.1, -0.05) is 24.4 Å². The highest BCUT2D eigenvalue weighted by Crippen LogP contribution is 2.23. The van der Waals surface area contributed by atoms with Crippen LogP contribution in [0, 0.1) is 0 Å². The number of likely N-dealkylation sites (N-methyl/N-ethyl adjacent to an activating group) is 1. The third-order valence-corrected chi connectivity index (χ3v) is 3.85. The Morgan fingerprint density at radius 1 is 1.28 bits per heavy atom. The van der Waals surface area contributed by atoms with Gasteiger partial charge in [-0.25, -0.2) is 0 Å². The van der Waals surface area contributed by atoms with Crippen molar-refractivity contribution in [1.29, 1.82) is 0 Å². The topological polar surface area (TPSA) is 40.5 Å². The van der Waals surface area contributed by atoms with Gasteiger partial charge in [-0.05, 0) is 37.1 Å². The fourth-order valence-corrected chi connectivity index (χ4v) is 2.62. The van der Waals surface area contributed by atoms with E-state index in [0.29, 0.717) is 10.6 Å². The monoisotopic (exact) mass is 267 g/mol. The molecule has 0 spiro atoms. The predicted molar refractivity (Wildman–Crippen MR) is 71.8 cm³/mol. The van der Waals surface area contributed by atoms with Gasteiger partial charge in [0.15, 0.2) is 0 Å². The molecule has 1 aromatic rings. The number of carbonyl (C=O) groups excluding carboxylic acids is 1. The lowest BCUT2D eigenvalue weighted by molar-refractivity contribution is 0.0268. The molecule has 1 saturated carbocycles. The van der Waals surface area contributed by atoms with Crippen molar-refractivity contribution < 1.29 is 9.90 Å². The first-order valence-electron chi connectivity index (χ1n) is 6.30. The number of aliphatic hydroxyl groups is 1. The average Bonchev–Trinajstić information content (AvgIpc) is 2.38. The summed E-state index contributed by atoms with van der Waals surface area (Å²) in [6, 6.07) is 6.79. The summed E-state index contributed by atoms with van der Waals surface area (Å²) >= 11 is 5.80. The third kappa shape index (κ3) is 2.85. The molecular weight excluding hydrogens is 250 g/mol. The summed E-state index contributed by atoms with van der Waals surface area (Å²) < 4.78 is 0. The summed E-state index contributed by atoms with van der Waals surface area (Å²) in [5, 5.41) is 10.6. The van der Waals surface area contributed by atoms with Gasteiger partial charge < -0.3 is 10.0 Å². The fourth-order valence-electron chi connectivity index (χ4n) is 2.49. The molecule has 0 saturated heterocycles. The first-order chi connectivity index (χ1) is 8.59. The lowest BCUT2D eigenvalue weighted by Crippen LogP contribution is -2.46. The zero-order chi connectivity index (χ0) is 13.1. The zero-order valence-corrected chi connectivity index (χ0v) is 11.2. The highest BCUT2D eigenvalue weighted by atomic mass is 35.5. The van der Waals surface area contributed by atoms with Gasteiger partial charge in [0.1, 0.15) is 0 Å². The minimum Gasteiger partial charge on any atom is -0.391 e. The summed E-state index contributed by atoms with van der Waals surface area (Å²) in [5.74, 6) is -0.0578. The van der Waals surface area contributed by atoms with Crippen molar-refractivity contribution in [3.63, 3.8) is 0 Å². The van der Waals surface area contributed by atoms with Crippen LogP contribution < -0.4 is 0 Å². The number of nitrogens with zero attached hydrogens (tertiary/aromatic N) is 1. The van der Waals surface area contributed by atoms with E-state index in [0.717, 1.165) is 25.7 Å². The minimum atomic E-state index is -0.403. The summed E-state index contributed by atoms with van der Waals surface area (Å²) in [4.78, 5) is 13.9. The van der Waals surface area contributed by atoms with Crippen molar-refractivity contribution in [1.82, 2.24) is 4.90 Å². The third-order valence-electron chi connectivity index (χ3n) is 3.60. The number of benzene rings is 1. The molecular formula is C14H18ClNO2. The molecule has 1 N–H and O–H groups in total. The van der Waals surface area contributed by atoms with Crippen molar-refractivity contribution in [3.05, 3.63) is 34.9 Å². The lowest BCUT2D eigenvalue weighted by Gasteiger charge is -2.35. The molecule has 0 radical (unpaired) electrons. The van der Waals surface area contributed by atoms with Crippen LogP contribution in [0.25, 0.3) is 0 Å². The van der Waals surface area contributed by atoms with Crippen LogP contribution in [0.5, 0.6) is 0 Å². The standard InChI is InChI=1S/C14H18ClNO2/c1-16(12-4-2-3-5-13(12)17)14(18)10-6-8-11(15)9-7-10/h6-9,12-13,17H,2-5H2,1H3/t12-,13+/m0/s1. The molecule has 0 bridgehead atoms. The minimum absolute atomic E-state index is 0.0578. The average molecular weight is 268 g/mol. The fraction of sp³-hybridized carbons (Fsp3) is 0.500. The van der Waals surface area contributed by atoms with Gasteiger partial charge in [-0.2, -0.15) is 0 Å². The summed E-state index contributed by atoms with van der Waals surface area (Å²) in [7, 11) is 1.76. The Bertz CT molecular complexity index is 418. The van der Waals surface area contributed by atoms with E-state index in [1.807, 2.05) is 0 Å². The number of halogens is 1. The normalized spacial score (nSPS) is 23.7. The van der Waals surface area contributed by atoms with Crippen molar-refractivity contribution in [2.24, 2.45) is 0 Å². The second kappa shape index (κ2) is 5.72. The Morgan fingerprint density at radius 2 is 1.89 bits per heavy atom. The van der Waals surface area contributed by atoms with E-state index in [-0.39, 0.29) is 11.9 Å². The molecule has 18 heavy (non-hydrogen) atoms. The maximum atomic E-state index is 12.3. The molecule has 0 aromatic heterocycles. The Kier molecular flexibility index (Phi) is 4.25. The van der Waals surface area contributed by atoms with Gasteiger partial charge in [0.05, 0.1) is 12.1 Å². The van der Waals surface area contributed by atoms with Crippen LogP contribution >= 0.6 is 11.6 Å². The van der Waals surface area contributed by atoms with Crippen molar-refractivity contribution in [2.45, 2.75) is 37.8 Å². The molecule has 1 aliphatic rings. The van der Waals surface area contributed by atoms with Crippen LogP contribution in [-0.2, 0) is 0 Å². The van der Waals surface area contributed by atoms with Crippen LogP contribution in [0.1, 0.15) is 36.0 Å². The van der Waals surface area contributed by atoms with E-state index in [9.17, 15) is 9.90 Å². The summed E-state index contributed by atoms with van der Waals surface area (Å²) in [6.45, 7) is 0. The maximum absolute atomic E-state index is 12.3. The second-order valence-corrected chi connectivity index (χ2v) is 5.28. The second-order valence-electron chi connectivity index (χ2n) is 4.84. The Morgan fingerprint density at radius 3 is 2.50 bits per heavy atom. The van der Waals surface area contributed by atoms with Crippen LogP contribution in [0.3, 0.4) is 0 Å². The molecule has 0 heterocycles. The molecule has 0 aliphatic heterocycles. The SMILES string of the molecule is CN(C(=O)c1ccc(Cl)cc1)[C@H]1CCCC[C@H]1O. The number of carbonyl (C=O) groups is 1. The zero-order valence-electron chi connectivity index (χ0n) is 10.5. The van der Waals surface area contributed by atoms with Crippen molar-refractivity contribution >= 4 is 17.5 Å². The number of aliphatic hydroxyl groups excluding tert-OH is 1. The van der Waals surface area contributed by atoms with Gasteiger partial charge in [0.25, 0.3) is 5.91 Å². The molecule has 3 nitrogen and oxygen atoms in total. The van der Waals surface area contributed by atoms with E-state index >= 15 is 0 Å². The molecule has 1 fully saturated rings. The smallest absolute Gasteiger partial charge is 0.253 e. The maximum Gasteiger partial charge on any atom is 0.253 e. The molecule has 0 unspecified atom stereocenters. The van der Waals surface area contributed by atoms with Crippen LogP contribution in [0.4, 0.5) is 0 Å². The Hall–Kier alpha value is -1.06. The molecule has 1 amide bonds. The predicted octanol–water partition coefficient (Wildman–Crippen LogP) is 2.72. The van der Waals surface area contributed by atoms with Gasteiger partial charge in [-0.3, -0.25) is 4.79 Å². The van der Waals surface area contributed by atoms with E-state index < -0.39 is 6.10 Å². The number of amides is 1. The number of rotatable bonds is 2. The largest absolute Gasteiger partial charge is 0.391 e. The summed E-state index contributed by atoms with van der Waals surface area (Å²) in [6.07, 6.45) is 3.36. The number of hydrogen-bond acceptors (Lipinski definition) is 2. The van der Waals surface area contributed by atoms with Gasteiger partial charge in [-0.15, -0.1) is 0 Å². The van der Waals surface area contributed by atoms with Crippen molar-refractivity contribution in [2.75, 3.05) is 7.05 Å². The van der Waals surface area contributed by atoms with Crippen LogP contribution in [0.2, 0.25) is 5.02 Å².